The average molecular weight is 457 g/mol. The Labute approximate surface area is 180 Å². The second-order valence-corrected chi connectivity index (χ2v) is 6.95. The van der Waals surface area contributed by atoms with Gasteiger partial charge in [0.15, 0.2) is 23.1 Å². The second-order valence-electron chi connectivity index (χ2n) is 6.95. The number of benzene rings is 2. The number of carbonyl (C=O) groups excluding carboxylic acids is 1. The van der Waals surface area contributed by atoms with Crippen molar-refractivity contribution in [1.29, 1.82) is 0 Å². The number of halogens is 5. The van der Waals surface area contributed by atoms with E-state index in [2.05, 4.69) is 9.73 Å². The third-order valence-corrected chi connectivity index (χ3v) is 5.03. The third-order valence-electron chi connectivity index (χ3n) is 5.03. The highest BCUT2D eigenvalue weighted by Crippen LogP contribution is 2.42. The standard InChI is InChI=1S/C21H20F5N3O3/c1-3-11-8-12(5-7-15(11)32-19(25)26)21(18(30)29(2)20(27)28-21)13-4-6-14(22)16(9-13)31-10-17(23)24/h4-9,17,19H,3,10H2,1-2H3,(H2,27,28)/t21-/m1/s1. The number of ether oxygens (including phenoxy) is 2. The number of hydrogen-bond acceptors (Lipinski definition) is 5. The maximum Gasteiger partial charge on any atom is 0.387 e. The molecule has 2 N–H and O–H groups in total. The summed E-state index contributed by atoms with van der Waals surface area (Å²) in [7, 11) is 1.38. The minimum absolute atomic E-state index is 0.0720. The first-order valence-corrected chi connectivity index (χ1v) is 9.52. The summed E-state index contributed by atoms with van der Waals surface area (Å²) in [6.45, 7) is -2.38. The smallest absolute Gasteiger partial charge is 0.387 e. The van der Waals surface area contributed by atoms with Crippen molar-refractivity contribution in [2.75, 3.05) is 13.7 Å². The number of amides is 1. The molecule has 0 unspecified atom stereocenters. The van der Waals surface area contributed by atoms with E-state index in [9.17, 15) is 26.7 Å². The van der Waals surface area contributed by atoms with Crippen LogP contribution in [0.1, 0.15) is 23.6 Å². The summed E-state index contributed by atoms with van der Waals surface area (Å²) in [5, 5.41) is 0. The number of aliphatic imine (C=N–C) groups is 1. The monoisotopic (exact) mass is 457 g/mol. The van der Waals surface area contributed by atoms with Gasteiger partial charge in [0.1, 0.15) is 12.4 Å². The van der Waals surface area contributed by atoms with Crippen molar-refractivity contribution in [2.24, 2.45) is 10.7 Å². The summed E-state index contributed by atoms with van der Waals surface area (Å²) in [6.07, 6.45) is -2.55. The van der Waals surface area contributed by atoms with Crippen molar-refractivity contribution in [3.8, 4) is 11.5 Å². The Bertz CT molecular complexity index is 1050. The molecule has 2 aromatic rings. The molecule has 0 fully saturated rings. The SMILES string of the molecule is CCc1cc([C@]2(c3ccc(F)c(OCC(F)F)c3)N=C(N)N(C)C2=O)ccc1OC(F)F. The molecule has 1 aliphatic rings. The van der Waals surface area contributed by atoms with Gasteiger partial charge >= 0.3 is 6.61 Å². The van der Waals surface area contributed by atoms with Crippen LogP contribution in [0.15, 0.2) is 41.4 Å². The molecule has 3 rings (SSSR count). The summed E-state index contributed by atoms with van der Waals surface area (Å²) < 4.78 is 74.1. The van der Waals surface area contributed by atoms with Crippen LogP contribution >= 0.6 is 0 Å². The number of guanidine groups is 1. The van der Waals surface area contributed by atoms with Crippen molar-refractivity contribution in [3.63, 3.8) is 0 Å². The number of likely N-dealkylation sites (N-methyl/N-ethyl adjacent to an activating group) is 1. The largest absolute Gasteiger partial charge is 0.485 e. The van der Waals surface area contributed by atoms with Crippen molar-refractivity contribution in [2.45, 2.75) is 31.9 Å². The van der Waals surface area contributed by atoms with E-state index in [0.717, 1.165) is 17.0 Å². The van der Waals surface area contributed by atoms with E-state index >= 15 is 0 Å². The molecule has 6 nitrogen and oxygen atoms in total. The Balaban J connectivity index is 2.19. The molecule has 0 saturated carbocycles. The quantitative estimate of drug-likeness (QED) is 0.614. The third kappa shape index (κ3) is 4.19. The fourth-order valence-corrected chi connectivity index (χ4v) is 3.47. The molecular weight excluding hydrogens is 437 g/mol. The molecule has 1 heterocycles. The predicted octanol–water partition coefficient (Wildman–Crippen LogP) is 3.66. The topological polar surface area (TPSA) is 77.2 Å². The average Bonchev–Trinajstić information content (AvgIpc) is 2.97. The summed E-state index contributed by atoms with van der Waals surface area (Å²) in [4.78, 5) is 18.7. The number of hydrogen-bond donors (Lipinski definition) is 1. The Hall–Kier alpha value is -3.37. The lowest BCUT2D eigenvalue weighted by Crippen LogP contribution is -2.41. The van der Waals surface area contributed by atoms with Crippen LogP contribution in [0.4, 0.5) is 22.0 Å². The predicted molar refractivity (Wildman–Crippen MR) is 106 cm³/mol. The highest BCUT2D eigenvalue weighted by Gasteiger charge is 2.50. The van der Waals surface area contributed by atoms with Crippen LogP contribution in [0.2, 0.25) is 0 Å². The van der Waals surface area contributed by atoms with Crippen molar-refractivity contribution in [3.05, 3.63) is 58.9 Å². The number of aryl methyl sites for hydroxylation is 1. The molecule has 0 aromatic heterocycles. The summed E-state index contributed by atoms with van der Waals surface area (Å²) in [5.41, 5.74) is 4.80. The number of carbonyl (C=O) groups is 1. The fourth-order valence-electron chi connectivity index (χ4n) is 3.47. The molecule has 1 amide bonds. The fraction of sp³-hybridized carbons (Fsp3) is 0.333. The highest BCUT2D eigenvalue weighted by molar-refractivity contribution is 6.09. The minimum atomic E-state index is -3.04. The van der Waals surface area contributed by atoms with Gasteiger partial charge in [-0.05, 0) is 47.4 Å². The van der Waals surface area contributed by atoms with E-state index in [1.54, 1.807) is 6.92 Å². The van der Waals surface area contributed by atoms with Gasteiger partial charge in [0.2, 0.25) is 0 Å². The lowest BCUT2D eigenvalue weighted by Gasteiger charge is -2.27. The Kier molecular flexibility index (Phi) is 6.56. The Morgan fingerprint density at radius 3 is 2.31 bits per heavy atom. The van der Waals surface area contributed by atoms with Gasteiger partial charge in [0.05, 0.1) is 0 Å². The number of alkyl halides is 4. The van der Waals surface area contributed by atoms with E-state index in [-0.39, 0.29) is 22.8 Å². The van der Waals surface area contributed by atoms with Crippen molar-refractivity contribution >= 4 is 11.9 Å². The minimum Gasteiger partial charge on any atom is -0.485 e. The maximum absolute atomic E-state index is 14.2. The van der Waals surface area contributed by atoms with Gasteiger partial charge in [-0.2, -0.15) is 8.78 Å². The molecule has 1 aliphatic heterocycles. The first-order valence-electron chi connectivity index (χ1n) is 9.52. The Morgan fingerprint density at radius 1 is 1.09 bits per heavy atom. The summed E-state index contributed by atoms with van der Waals surface area (Å²) >= 11 is 0. The first-order chi connectivity index (χ1) is 15.1. The number of nitrogens with two attached hydrogens (primary N) is 1. The van der Waals surface area contributed by atoms with Gasteiger partial charge in [-0.25, -0.2) is 18.2 Å². The lowest BCUT2D eigenvalue weighted by molar-refractivity contribution is -0.129. The van der Waals surface area contributed by atoms with Crippen LogP contribution in [0.5, 0.6) is 11.5 Å². The molecule has 32 heavy (non-hydrogen) atoms. The van der Waals surface area contributed by atoms with Gasteiger partial charge in [0, 0.05) is 7.05 Å². The lowest BCUT2D eigenvalue weighted by atomic mass is 9.81. The Morgan fingerprint density at radius 2 is 1.75 bits per heavy atom. The molecule has 11 heteroatoms. The molecule has 172 valence electrons. The van der Waals surface area contributed by atoms with Crippen molar-refractivity contribution < 1.29 is 36.2 Å². The van der Waals surface area contributed by atoms with E-state index < -0.39 is 42.7 Å². The van der Waals surface area contributed by atoms with E-state index in [4.69, 9.17) is 10.5 Å². The maximum atomic E-state index is 14.2. The molecule has 0 radical (unpaired) electrons. The van der Waals surface area contributed by atoms with Crippen molar-refractivity contribution in [1.82, 2.24) is 4.90 Å². The first kappa shape index (κ1) is 23.3. The second kappa shape index (κ2) is 9.01. The van der Waals surface area contributed by atoms with E-state index in [1.807, 2.05) is 0 Å². The molecule has 0 spiro atoms. The van der Waals surface area contributed by atoms with Crippen LogP contribution in [-0.4, -0.2) is 43.5 Å². The van der Waals surface area contributed by atoms with Crippen LogP contribution < -0.4 is 15.2 Å². The van der Waals surface area contributed by atoms with Gasteiger partial charge in [-0.3, -0.25) is 9.69 Å². The zero-order valence-corrected chi connectivity index (χ0v) is 17.1. The van der Waals surface area contributed by atoms with Crippen LogP contribution in [0, 0.1) is 5.82 Å². The zero-order chi connectivity index (χ0) is 23.6. The zero-order valence-electron chi connectivity index (χ0n) is 17.1. The van der Waals surface area contributed by atoms with E-state index in [1.165, 1.54) is 31.3 Å². The van der Waals surface area contributed by atoms with Gasteiger partial charge < -0.3 is 15.2 Å². The highest BCUT2D eigenvalue weighted by atomic mass is 19.3. The van der Waals surface area contributed by atoms with Crippen LogP contribution in [0.3, 0.4) is 0 Å². The summed E-state index contributed by atoms with van der Waals surface area (Å²) in [5.74, 6) is -2.22. The van der Waals surface area contributed by atoms with Gasteiger partial charge in [-0.1, -0.05) is 19.1 Å². The molecule has 0 aliphatic carbocycles. The molecule has 2 aromatic carbocycles. The van der Waals surface area contributed by atoms with Crippen LogP contribution in [0.25, 0.3) is 0 Å². The molecule has 0 saturated heterocycles. The van der Waals surface area contributed by atoms with E-state index in [0.29, 0.717) is 12.0 Å². The molecular formula is C21H20F5N3O3. The number of nitrogens with zero attached hydrogens (tertiary/aromatic N) is 2. The number of rotatable bonds is 8. The van der Waals surface area contributed by atoms with Crippen LogP contribution in [-0.2, 0) is 16.8 Å². The molecule has 0 bridgehead atoms. The summed E-state index contributed by atoms with van der Waals surface area (Å²) in [6, 6.07) is 7.43. The van der Waals surface area contributed by atoms with Gasteiger partial charge in [0.25, 0.3) is 12.3 Å². The molecule has 1 atom stereocenters. The van der Waals surface area contributed by atoms with Gasteiger partial charge in [-0.15, -0.1) is 0 Å². The normalized spacial score (nSPS) is 18.5.